The second-order valence-electron chi connectivity index (χ2n) is 11.1. The van der Waals surface area contributed by atoms with Gasteiger partial charge in [0.25, 0.3) is 23.6 Å². The number of hydrogen-bond acceptors (Lipinski definition) is 12. The molecule has 0 aromatic carbocycles. The summed E-state index contributed by atoms with van der Waals surface area (Å²) in [4.78, 5) is 76.0. The molecule has 46 heavy (non-hydrogen) atoms. The van der Waals surface area contributed by atoms with Crippen LogP contribution in [-0.4, -0.2) is 75.0 Å². The van der Waals surface area contributed by atoms with Crippen LogP contribution in [0.1, 0.15) is 37.8 Å². The van der Waals surface area contributed by atoms with E-state index in [1.807, 2.05) is 0 Å². The number of thioether (sulfide) groups is 1. The van der Waals surface area contributed by atoms with Crippen LogP contribution in [0.4, 0.5) is 10.8 Å². The van der Waals surface area contributed by atoms with E-state index in [-0.39, 0.29) is 52.1 Å². The highest BCUT2D eigenvalue weighted by molar-refractivity contribution is 8.00. The quantitative estimate of drug-likeness (QED) is 0.0917. The van der Waals surface area contributed by atoms with Crippen LogP contribution in [0.3, 0.4) is 0 Å². The summed E-state index contributed by atoms with van der Waals surface area (Å²) in [5.74, 6) is -3.62. The van der Waals surface area contributed by atoms with Gasteiger partial charge in [0.2, 0.25) is 6.54 Å². The van der Waals surface area contributed by atoms with Gasteiger partial charge in [-0.3, -0.25) is 24.1 Å². The third-order valence-electron chi connectivity index (χ3n) is 8.02. The summed E-state index contributed by atoms with van der Waals surface area (Å²) >= 11 is 2.38. The standard InChI is InChI=1S/C29H30N8O7S2/c30-20(38)12-35-8-3-4-17(11-35)36-9-7-15(25(36)40)10-16-13-45-27-22(26(41)37(27)23(16)28(42)43)33-24(39)21(19-14-46-29(31)32-19)34-44-18-5-1-2-6-18/h3-4,8,10-11,14,18,22,27H,1-2,5-7,9,12-13H2,(H5-,30,31,32,33,38,39,42,43)/b15-10+,34-21-/t22-,27-/m1/s1. The molecule has 4 amide bonds. The molecule has 5 N–H and O–H groups in total. The number of amides is 4. The summed E-state index contributed by atoms with van der Waals surface area (Å²) < 4.78 is 1.57. The molecule has 3 aliphatic heterocycles. The molecule has 2 saturated heterocycles. The molecule has 15 nitrogen and oxygen atoms in total. The summed E-state index contributed by atoms with van der Waals surface area (Å²) in [5.41, 5.74) is 12.0. The topological polar surface area (TPSA) is 217 Å². The molecule has 2 atom stereocenters. The van der Waals surface area contributed by atoms with Gasteiger partial charge < -0.3 is 36.4 Å². The van der Waals surface area contributed by atoms with Crippen molar-refractivity contribution in [2.45, 2.75) is 56.2 Å². The van der Waals surface area contributed by atoms with Crippen molar-refractivity contribution in [3.05, 3.63) is 58.5 Å². The first kappa shape index (κ1) is 31.2. The number of nitrogen functional groups attached to an aromatic ring is 1. The molecule has 0 bridgehead atoms. The number of carbonyl (C=O) groups excluding carboxylic acids is 5. The lowest BCUT2D eigenvalue weighted by atomic mass is 10.0. The average Bonchev–Trinajstić information content (AvgIpc) is 3.78. The normalized spacial score (nSPS) is 22.7. The largest absolute Gasteiger partial charge is 0.543 e. The van der Waals surface area contributed by atoms with Gasteiger partial charge in [-0.05, 0) is 49.8 Å². The third kappa shape index (κ3) is 6.19. The van der Waals surface area contributed by atoms with E-state index in [4.69, 9.17) is 16.3 Å². The Morgan fingerprint density at radius 2 is 2.04 bits per heavy atom. The van der Waals surface area contributed by atoms with E-state index >= 15 is 0 Å². The Labute approximate surface area is 270 Å². The number of aromatic nitrogens is 2. The molecule has 0 radical (unpaired) electrons. The minimum atomic E-state index is -1.57. The molecule has 1 aliphatic carbocycles. The second kappa shape index (κ2) is 12.9. The molecule has 17 heteroatoms. The number of primary amides is 1. The molecular weight excluding hydrogens is 637 g/mol. The van der Waals surface area contributed by atoms with Crippen LogP contribution in [0.15, 0.2) is 58.0 Å². The third-order valence-corrected chi connectivity index (χ3v) is 9.99. The highest BCUT2D eigenvalue weighted by Gasteiger charge is 2.53. The van der Waals surface area contributed by atoms with Crippen LogP contribution in [0, 0.1) is 0 Å². The van der Waals surface area contributed by atoms with E-state index in [9.17, 15) is 29.1 Å². The monoisotopic (exact) mass is 666 g/mol. The average molecular weight is 667 g/mol. The second-order valence-corrected chi connectivity index (χ2v) is 13.1. The molecule has 0 unspecified atom stereocenters. The first-order valence-electron chi connectivity index (χ1n) is 14.6. The van der Waals surface area contributed by atoms with E-state index in [1.165, 1.54) is 22.7 Å². The Bertz CT molecular complexity index is 1710. The van der Waals surface area contributed by atoms with Gasteiger partial charge in [0.15, 0.2) is 23.2 Å². The predicted octanol–water partition coefficient (Wildman–Crippen LogP) is -1.07. The molecular formula is C29H30N8O7S2. The summed E-state index contributed by atoms with van der Waals surface area (Å²) in [6.45, 7) is 0.288. The van der Waals surface area contributed by atoms with E-state index < -0.39 is 35.1 Å². The predicted molar refractivity (Wildman–Crippen MR) is 164 cm³/mol. The van der Waals surface area contributed by atoms with Crippen molar-refractivity contribution >= 4 is 69.2 Å². The highest BCUT2D eigenvalue weighted by Crippen LogP contribution is 2.41. The Balaban J connectivity index is 1.18. The number of pyridine rings is 1. The van der Waals surface area contributed by atoms with Crippen molar-refractivity contribution in [2.24, 2.45) is 10.9 Å². The maximum atomic E-state index is 13.4. The van der Waals surface area contributed by atoms with Crippen molar-refractivity contribution in [1.82, 2.24) is 15.2 Å². The maximum absolute atomic E-state index is 13.4. The Morgan fingerprint density at radius 1 is 1.26 bits per heavy atom. The van der Waals surface area contributed by atoms with Crippen LogP contribution < -0.4 is 31.4 Å². The Morgan fingerprint density at radius 3 is 2.74 bits per heavy atom. The summed E-state index contributed by atoms with van der Waals surface area (Å²) in [6, 6.07) is 2.37. The summed E-state index contributed by atoms with van der Waals surface area (Å²) in [7, 11) is 0. The van der Waals surface area contributed by atoms with Crippen molar-refractivity contribution in [2.75, 3.05) is 22.9 Å². The van der Waals surface area contributed by atoms with Crippen LogP contribution >= 0.6 is 23.1 Å². The molecule has 0 spiro atoms. The fraction of sp³-hybridized carbons (Fsp3) is 0.379. The number of anilines is 2. The van der Waals surface area contributed by atoms with Gasteiger partial charge in [0.1, 0.15) is 28.9 Å². The van der Waals surface area contributed by atoms with Gasteiger partial charge >= 0.3 is 0 Å². The molecule has 2 aromatic heterocycles. The molecule has 2 aromatic rings. The summed E-state index contributed by atoms with van der Waals surface area (Å²) in [5, 5.41) is 20.1. The molecule has 1 saturated carbocycles. The van der Waals surface area contributed by atoms with E-state index in [0.29, 0.717) is 24.2 Å². The summed E-state index contributed by atoms with van der Waals surface area (Å²) in [6.07, 6.45) is 8.63. The molecule has 3 fully saturated rings. The van der Waals surface area contributed by atoms with Gasteiger partial charge in [0.05, 0.1) is 11.7 Å². The zero-order valence-electron chi connectivity index (χ0n) is 24.4. The lowest BCUT2D eigenvalue weighted by Crippen LogP contribution is -2.71. The zero-order valence-corrected chi connectivity index (χ0v) is 26.1. The number of β-lactam (4-membered cyclic amide) rings is 1. The van der Waals surface area contributed by atoms with E-state index in [0.717, 1.165) is 41.9 Å². The van der Waals surface area contributed by atoms with Crippen LogP contribution in [-0.2, 0) is 35.4 Å². The van der Waals surface area contributed by atoms with Crippen LogP contribution in [0.5, 0.6) is 0 Å². The van der Waals surface area contributed by atoms with E-state index in [2.05, 4.69) is 15.5 Å². The maximum Gasteiger partial charge on any atom is 0.283 e. The number of carboxylic acids is 1. The lowest BCUT2D eigenvalue weighted by Gasteiger charge is -2.50. The first-order valence-corrected chi connectivity index (χ1v) is 16.5. The van der Waals surface area contributed by atoms with Crippen molar-refractivity contribution in [1.29, 1.82) is 0 Å². The van der Waals surface area contributed by atoms with Gasteiger partial charge in [-0.1, -0.05) is 5.16 Å². The van der Waals surface area contributed by atoms with Gasteiger partial charge in [0, 0.05) is 29.3 Å². The number of hydrogen-bond donors (Lipinski definition) is 3. The Kier molecular flexibility index (Phi) is 8.77. The van der Waals surface area contributed by atoms with Gasteiger partial charge in [-0.25, -0.2) is 4.98 Å². The van der Waals surface area contributed by atoms with Crippen LogP contribution in [0.25, 0.3) is 0 Å². The minimum absolute atomic E-state index is 0.0496. The smallest absolute Gasteiger partial charge is 0.283 e. The number of aliphatic carboxylic acids is 1. The lowest BCUT2D eigenvalue weighted by molar-refractivity contribution is -0.683. The first-order chi connectivity index (χ1) is 22.1. The fourth-order valence-electron chi connectivity index (χ4n) is 5.83. The number of carbonyl (C=O) groups is 5. The van der Waals surface area contributed by atoms with Gasteiger partial charge in [-0.2, -0.15) is 4.57 Å². The number of carboxylic acid groups (broad SMARTS) is 1. The van der Waals surface area contributed by atoms with Crippen molar-refractivity contribution < 1.29 is 38.5 Å². The number of rotatable bonds is 10. The molecule has 6 rings (SSSR count). The number of fused-ring (bicyclic) bond motifs is 1. The number of nitrogens with one attached hydrogen (secondary N) is 1. The van der Waals surface area contributed by atoms with Crippen molar-refractivity contribution in [3.63, 3.8) is 0 Å². The number of allylic oxidation sites excluding steroid dienone is 1. The van der Waals surface area contributed by atoms with Gasteiger partial charge in [-0.15, -0.1) is 23.1 Å². The minimum Gasteiger partial charge on any atom is -0.543 e. The number of nitrogens with zero attached hydrogens (tertiary/aromatic N) is 5. The van der Waals surface area contributed by atoms with E-state index in [1.54, 1.807) is 34.5 Å². The van der Waals surface area contributed by atoms with Crippen LogP contribution in [0.2, 0.25) is 0 Å². The fourth-order valence-corrected chi connectivity index (χ4v) is 7.68. The number of nitrogens with two attached hydrogens (primary N) is 2. The molecule has 4 aliphatic rings. The highest BCUT2D eigenvalue weighted by atomic mass is 32.2. The molecule has 240 valence electrons. The SMILES string of the molecule is NC(=O)C[n+]1cccc(N2CC/C(=C\C3=C(C(=O)[O-])N4C(=O)[C@@H](NC(=O)/C(=N\OC5CCCC5)c5csc(N)n5)[C@H]4SC3)C2=O)c1. The molecule has 5 heterocycles. The zero-order chi connectivity index (χ0) is 32.5. The number of thiazole rings is 1. The Hall–Kier alpha value is -4.77. The number of oxime groups is 1. The van der Waals surface area contributed by atoms with Crippen molar-refractivity contribution in [3.8, 4) is 0 Å².